The van der Waals surface area contributed by atoms with Crippen LogP contribution in [0.5, 0.6) is 5.75 Å². The lowest BCUT2D eigenvalue weighted by atomic mass is 9.88. The molecule has 8 nitrogen and oxygen atoms in total. The van der Waals surface area contributed by atoms with E-state index < -0.39 is 0 Å². The van der Waals surface area contributed by atoms with Crippen LogP contribution in [0.25, 0.3) is 0 Å². The zero-order valence-electron chi connectivity index (χ0n) is 21.3. The van der Waals surface area contributed by atoms with Crippen molar-refractivity contribution in [1.29, 1.82) is 0 Å². The van der Waals surface area contributed by atoms with E-state index in [4.69, 9.17) is 14.5 Å². The number of ether oxygens (including phenoxy) is 2. The number of carbonyl (C=O) groups excluding carboxylic acids is 1. The molecule has 1 spiro atoms. The van der Waals surface area contributed by atoms with Crippen molar-refractivity contribution in [3.05, 3.63) is 54.2 Å². The second-order valence-electron chi connectivity index (χ2n) is 11.2. The largest absolute Gasteiger partial charge is 0.487 e. The number of likely N-dealkylation sites (tertiary alicyclic amines) is 2. The Morgan fingerprint density at radius 1 is 1.16 bits per heavy atom. The molecule has 5 heterocycles. The number of nitrogens with zero attached hydrogens (tertiary/aromatic N) is 4. The van der Waals surface area contributed by atoms with Crippen LogP contribution in [0.3, 0.4) is 0 Å². The second-order valence-corrected chi connectivity index (χ2v) is 11.2. The highest BCUT2D eigenvalue weighted by Gasteiger charge is 2.48. The molecule has 4 aliphatic heterocycles. The van der Waals surface area contributed by atoms with Gasteiger partial charge in [-0.05, 0) is 74.5 Å². The van der Waals surface area contributed by atoms with Gasteiger partial charge in [-0.15, -0.1) is 0 Å². The van der Waals surface area contributed by atoms with Crippen molar-refractivity contribution >= 4 is 23.1 Å². The first-order valence-electron chi connectivity index (χ1n) is 13.7. The van der Waals surface area contributed by atoms with Crippen molar-refractivity contribution < 1.29 is 14.3 Å². The maximum atomic E-state index is 11.8. The normalized spacial score (nSPS) is 23.2. The zero-order valence-corrected chi connectivity index (χ0v) is 21.3. The number of pyridine rings is 1. The van der Waals surface area contributed by atoms with Crippen LogP contribution in [0.1, 0.15) is 42.7 Å². The van der Waals surface area contributed by atoms with Crippen molar-refractivity contribution in [3.8, 4) is 5.75 Å². The van der Waals surface area contributed by atoms with Gasteiger partial charge in [-0.3, -0.25) is 9.69 Å². The van der Waals surface area contributed by atoms with Gasteiger partial charge in [0.25, 0.3) is 0 Å². The number of carbonyl (C=O) groups is 1. The van der Waals surface area contributed by atoms with Gasteiger partial charge in [-0.1, -0.05) is 12.6 Å². The Labute approximate surface area is 218 Å². The molecule has 0 unspecified atom stereocenters. The number of fused-ring (bicyclic) bond motifs is 2. The lowest BCUT2D eigenvalue weighted by molar-refractivity contribution is -0.133. The lowest BCUT2D eigenvalue weighted by Crippen LogP contribution is -2.61. The number of rotatable bonds is 4. The molecule has 1 aromatic carbocycles. The van der Waals surface area contributed by atoms with Crippen LogP contribution in [0, 0.1) is 0 Å². The molecule has 1 saturated carbocycles. The Kier molecular flexibility index (Phi) is 5.62. The van der Waals surface area contributed by atoms with E-state index in [1.807, 2.05) is 11.1 Å². The molecule has 4 fully saturated rings. The average molecular weight is 502 g/mol. The fraction of sp³-hybridized carbons (Fsp3) is 0.517. The molecule has 0 radical (unpaired) electrons. The summed E-state index contributed by atoms with van der Waals surface area (Å²) in [6.07, 6.45) is 7.90. The maximum Gasteiger partial charge on any atom is 0.246 e. The van der Waals surface area contributed by atoms with Crippen molar-refractivity contribution in [2.45, 2.75) is 49.9 Å². The molecule has 8 heteroatoms. The summed E-state index contributed by atoms with van der Waals surface area (Å²) in [5.74, 6) is 2.35. The molecule has 2 aromatic rings. The molecule has 1 aliphatic carbocycles. The standard InChI is InChI=1S/C29H35N5O3/c1-2-27(35)34-16-22(17-34)32-11-6-20(7-12-32)21-3-4-26-24(15-21)31-28-23(18-36-26)25(5-10-30-28)33-13-14-37-29(19-33)8-9-29/h2-5,10,15,20,22H,1,6-9,11-14,16-19H2,(H,30,31). The number of aromatic nitrogens is 1. The molecule has 5 aliphatic rings. The zero-order chi connectivity index (χ0) is 25.0. The Bertz CT molecular complexity index is 1210. The Hall–Kier alpha value is -3.10. The number of hydrogen-bond donors (Lipinski definition) is 1. The van der Waals surface area contributed by atoms with Crippen molar-refractivity contribution in [2.75, 3.05) is 56.1 Å². The lowest BCUT2D eigenvalue weighted by Gasteiger charge is -2.47. The summed E-state index contributed by atoms with van der Waals surface area (Å²) in [5, 5.41) is 3.61. The average Bonchev–Trinajstić information content (AvgIpc) is 3.68. The van der Waals surface area contributed by atoms with Gasteiger partial charge in [-0.25, -0.2) is 4.98 Å². The Morgan fingerprint density at radius 3 is 2.78 bits per heavy atom. The molecule has 3 saturated heterocycles. The molecule has 7 rings (SSSR count). The number of anilines is 3. The number of piperidine rings is 1. The first kappa shape index (κ1) is 23.0. The molecular weight excluding hydrogens is 466 g/mol. The first-order valence-corrected chi connectivity index (χ1v) is 13.7. The van der Waals surface area contributed by atoms with E-state index in [1.165, 1.54) is 17.3 Å². The van der Waals surface area contributed by atoms with Crippen LogP contribution in [-0.2, 0) is 16.1 Å². The highest BCUT2D eigenvalue weighted by molar-refractivity contribution is 5.87. The highest BCUT2D eigenvalue weighted by Crippen LogP contribution is 2.45. The molecular formula is C29H35N5O3. The van der Waals surface area contributed by atoms with Crippen LogP contribution < -0.4 is 15.0 Å². The van der Waals surface area contributed by atoms with Crippen LogP contribution in [0.2, 0.25) is 0 Å². The summed E-state index contributed by atoms with van der Waals surface area (Å²) >= 11 is 0. The van der Waals surface area contributed by atoms with Gasteiger partial charge >= 0.3 is 0 Å². The van der Waals surface area contributed by atoms with Crippen molar-refractivity contribution in [2.24, 2.45) is 0 Å². The predicted molar refractivity (Wildman–Crippen MR) is 143 cm³/mol. The van der Waals surface area contributed by atoms with Gasteiger partial charge < -0.3 is 24.6 Å². The highest BCUT2D eigenvalue weighted by atomic mass is 16.5. The third-order valence-corrected chi connectivity index (χ3v) is 8.92. The Morgan fingerprint density at radius 2 is 2.00 bits per heavy atom. The first-order chi connectivity index (χ1) is 18.1. The number of amides is 1. The van der Waals surface area contributed by atoms with Crippen LogP contribution in [0.4, 0.5) is 17.2 Å². The number of morpholine rings is 1. The monoisotopic (exact) mass is 501 g/mol. The van der Waals surface area contributed by atoms with E-state index in [2.05, 4.69) is 46.0 Å². The van der Waals surface area contributed by atoms with E-state index in [-0.39, 0.29) is 11.5 Å². The van der Waals surface area contributed by atoms with Crippen LogP contribution in [0.15, 0.2) is 43.1 Å². The van der Waals surface area contributed by atoms with Gasteiger partial charge in [0, 0.05) is 44.1 Å². The van der Waals surface area contributed by atoms with Crippen LogP contribution >= 0.6 is 0 Å². The van der Waals surface area contributed by atoms with Gasteiger partial charge in [-0.2, -0.15) is 0 Å². The molecule has 194 valence electrons. The minimum Gasteiger partial charge on any atom is -0.487 e. The van der Waals surface area contributed by atoms with E-state index in [0.29, 0.717) is 18.6 Å². The maximum absolute atomic E-state index is 11.8. The summed E-state index contributed by atoms with van der Waals surface area (Å²) in [6, 6.07) is 9.23. The quantitative estimate of drug-likeness (QED) is 0.641. The Balaban J connectivity index is 1.04. The summed E-state index contributed by atoms with van der Waals surface area (Å²) in [4.78, 5) is 23.4. The molecule has 1 N–H and O–H groups in total. The van der Waals surface area contributed by atoms with Gasteiger partial charge in [0.1, 0.15) is 18.2 Å². The SMILES string of the molecule is C=CC(=O)N1CC(N2CCC(c3ccc4c(c3)Nc3nccc(N5CCOC6(CC6)C5)c3CO4)CC2)C1. The topological polar surface area (TPSA) is 70.2 Å². The van der Waals surface area contributed by atoms with E-state index in [9.17, 15) is 4.79 Å². The number of hydrogen-bond acceptors (Lipinski definition) is 7. The van der Waals surface area contributed by atoms with E-state index >= 15 is 0 Å². The number of nitrogens with one attached hydrogen (secondary N) is 1. The third kappa shape index (κ3) is 4.26. The summed E-state index contributed by atoms with van der Waals surface area (Å²) in [7, 11) is 0. The van der Waals surface area contributed by atoms with Gasteiger partial charge in [0.05, 0.1) is 23.5 Å². The van der Waals surface area contributed by atoms with Gasteiger partial charge in [0.15, 0.2) is 0 Å². The second kappa shape index (κ2) is 9.03. The van der Waals surface area contributed by atoms with Crippen LogP contribution in [-0.4, -0.2) is 78.2 Å². The molecule has 0 atom stereocenters. The molecule has 1 amide bonds. The van der Waals surface area contributed by atoms with E-state index in [0.717, 1.165) is 94.4 Å². The third-order valence-electron chi connectivity index (χ3n) is 8.92. The molecule has 37 heavy (non-hydrogen) atoms. The summed E-state index contributed by atoms with van der Waals surface area (Å²) in [6.45, 7) is 10.5. The van der Waals surface area contributed by atoms with Gasteiger partial charge in [0.2, 0.25) is 5.91 Å². The molecule has 1 aromatic heterocycles. The fourth-order valence-corrected chi connectivity index (χ4v) is 6.42. The minimum absolute atomic E-state index is 0.0470. The van der Waals surface area contributed by atoms with E-state index in [1.54, 1.807) is 0 Å². The summed E-state index contributed by atoms with van der Waals surface area (Å²) < 4.78 is 12.4. The smallest absolute Gasteiger partial charge is 0.246 e. The van der Waals surface area contributed by atoms with Crippen molar-refractivity contribution in [3.63, 3.8) is 0 Å². The van der Waals surface area contributed by atoms with Crippen molar-refractivity contribution in [1.82, 2.24) is 14.8 Å². The minimum atomic E-state index is 0.0470. The predicted octanol–water partition coefficient (Wildman–Crippen LogP) is 3.66. The molecule has 0 bridgehead atoms. The fourth-order valence-electron chi connectivity index (χ4n) is 6.42. The number of benzene rings is 1. The summed E-state index contributed by atoms with van der Waals surface area (Å²) in [5.41, 5.74) is 4.76.